The molecule has 0 saturated carbocycles. The maximum Gasteiger partial charge on any atom is 0.410 e. The number of hydrogen-bond donors (Lipinski definition) is 0. The molecule has 1 amide bonds. The lowest BCUT2D eigenvalue weighted by molar-refractivity contribution is -0.0216. The van der Waals surface area contributed by atoms with Crippen molar-refractivity contribution in [1.29, 1.82) is 5.26 Å². The van der Waals surface area contributed by atoms with Gasteiger partial charge in [-0.25, -0.2) is 18.6 Å². The van der Waals surface area contributed by atoms with Gasteiger partial charge in [0.1, 0.15) is 29.6 Å². The van der Waals surface area contributed by atoms with Crippen LogP contribution in [0.15, 0.2) is 48.8 Å². The fourth-order valence-electron chi connectivity index (χ4n) is 6.53. The lowest BCUT2D eigenvalue weighted by atomic mass is 9.79. The van der Waals surface area contributed by atoms with E-state index in [1.165, 1.54) is 6.07 Å². The van der Waals surface area contributed by atoms with Gasteiger partial charge in [-0.05, 0) is 39.2 Å². The van der Waals surface area contributed by atoms with Crippen molar-refractivity contribution in [2.75, 3.05) is 6.54 Å². The predicted molar refractivity (Wildman–Crippen MR) is 167 cm³/mol. The number of likely N-dealkylation sites (tertiary alicyclic amines) is 1. The van der Waals surface area contributed by atoms with Gasteiger partial charge in [0.25, 0.3) is 5.88 Å². The minimum absolute atomic E-state index is 0.0624. The summed E-state index contributed by atoms with van der Waals surface area (Å²) < 4.78 is 56.4. The molecule has 0 spiro atoms. The fraction of sp³-hybridized carbons (Fsp3) is 0.294. The number of carbonyl (C=O) groups is 1. The lowest BCUT2D eigenvalue weighted by Gasteiger charge is -2.40. The van der Waals surface area contributed by atoms with Gasteiger partial charge in [-0.15, -0.1) is 0 Å². The van der Waals surface area contributed by atoms with Gasteiger partial charge in [0.15, 0.2) is 22.3 Å². The van der Waals surface area contributed by atoms with Gasteiger partial charge in [0.05, 0.1) is 16.6 Å². The Morgan fingerprint density at radius 1 is 1.09 bits per heavy atom. The van der Waals surface area contributed by atoms with Crippen LogP contribution in [0.1, 0.15) is 50.3 Å². The van der Waals surface area contributed by atoms with Crippen molar-refractivity contribution >= 4 is 29.3 Å². The van der Waals surface area contributed by atoms with Crippen LogP contribution < -0.4 is 14.2 Å². The summed E-state index contributed by atoms with van der Waals surface area (Å²) in [5.41, 5.74) is -1.49. The minimum atomic E-state index is -1.23. The predicted octanol–water partition coefficient (Wildman–Crippen LogP) is 8.73. The van der Waals surface area contributed by atoms with Crippen molar-refractivity contribution in [1.82, 2.24) is 14.9 Å². The van der Waals surface area contributed by atoms with E-state index in [9.17, 15) is 10.1 Å². The standard InChI is InChI=1S/C34H26Cl2F2N4O5/c1-33(2,3)47-32(43)42-11-7-10-23(42)34(18-8-5-4-6-9-18)14-19-21(46-34)13-20(37)26(35)25(19)24-17(15-39)12-22-28(27(24)38)45-29-30(36)40-16-41-31(29)44-22/h4-6,8-9,12-13,16,23H,7,10-11,14H2,1-3H3/t23-,34-/m0/s1. The molecule has 1 saturated heterocycles. The Balaban J connectivity index is 1.40. The van der Waals surface area contributed by atoms with Crippen LogP contribution in [-0.2, 0) is 16.8 Å². The van der Waals surface area contributed by atoms with Crippen LogP contribution in [0.5, 0.6) is 28.9 Å². The molecule has 240 valence electrons. The number of carbonyl (C=O) groups excluding carboxylic acids is 1. The second-order valence-electron chi connectivity index (χ2n) is 12.4. The molecule has 3 aliphatic heterocycles. The molecular formula is C34H26Cl2F2N4O5. The van der Waals surface area contributed by atoms with Crippen LogP contribution in [0.25, 0.3) is 11.1 Å². The van der Waals surface area contributed by atoms with E-state index in [1.807, 2.05) is 36.4 Å². The minimum Gasteiger partial charge on any atom is -0.480 e. The Morgan fingerprint density at radius 2 is 1.85 bits per heavy atom. The molecule has 1 fully saturated rings. The summed E-state index contributed by atoms with van der Waals surface area (Å²) >= 11 is 12.8. The number of amides is 1. The Kier molecular flexibility index (Phi) is 7.41. The second-order valence-corrected chi connectivity index (χ2v) is 13.2. The number of nitriles is 1. The molecule has 47 heavy (non-hydrogen) atoms. The molecular weight excluding hydrogens is 653 g/mol. The Hall–Kier alpha value is -4.66. The van der Waals surface area contributed by atoms with Crippen LogP contribution in [0.2, 0.25) is 10.2 Å². The molecule has 0 aliphatic carbocycles. The highest BCUT2D eigenvalue weighted by Crippen LogP contribution is 2.56. The highest BCUT2D eigenvalue weighted by molar-refractivity contribution is 6.34. The van der Waals surface area contributed by atoms with Crippen molar-refractivity contribution in [3.8, 4) is 46.1 Å². The number of rotatable bonds is 3. The molecule has 3 aliphatic rings. The van der Waals surface area contributed by atoms with E-state index < -0.39 is 45.7 Å². The molecule has 7 rings (SSSR count). The first-order valence-corrected chi connectivity index (χ1v) is 15.6. The quantitative estimate of drug-likeness (QED) is 0.174. The smallest absolute Gasteiger partial charge is 0.410 e. The van der Waals surface area contributed by atoms with E-state index in [0.29, 0.717) is 30.5 Å². The molecule has 0 unspecified atom stereocenters. The summed E-state index contributed by atoms with van der Waals surface area (Å²) in [5, 5.41) is 9.67. The Morgan fingerprint density at radius 3 is 2.57 bits per heavy atom. The number of aromatic nitrogens is 2. The normalized spacial score (nSPS) is 19.4. The number of nitrogens with zero attached hydrogens (tertiary/aromatic N) is 4. The molecule has 0 radical (unpaired) electrons. The maximum atomic E-state index is 16.7. The van der Waals surface area contributed by atoms with Gasteiger partial charge in [0.2, 0.25) is 11.5 Å². The topological polar surface area (TPSA) is 107 Å². The van der Waals surface area contributed by atoms with Gasteiger partial charge >= 0.3 is 6.09 Å². The number of hydrogen-bond acceptors (Lipinski definition) is 8. The molecule has 4 aromatic rings. The van der Waals surface area contributed by atoms with Gasteiger partial charge < -0.3 is 23.8 Å². The van der Waals surface area contributed by atoms with Gasteiger partial charge in [0, 0.05) is 41.8 Å². The van der Waals surface area contributed by atoms with E-state index in [0.717, 1.165) is 12.4 Å². The maximum absolute atomic E-state index is 16.7. The highest BCUT2D eigenvalue weighted by Gasteiger charge is 2.54. The van der Waals surface area contributed by atoms with Gasteiger partial charge in [-0.2, -0.15) is 10.2 Å². The zero-order chi connectivity index (χ0) is 33.2. The van der Waals surface area contributed by atoms with Crippen LogP contribution in [0, 0.1) is 23.0 Å². The number of fused-ring (bicyclic) bond motifs is 3. The Labute approximate surface area is 278 Å². The van der Waals surface area contributed by atoms with Crippen molar-refractivity contribution in [2.45, 2.75) is 57.3 Å². The third-order valence-electron chi connectivity index (χ3n) is 8.40. The monoisotopic (exact) mass is 678 g/mol. The summed E-state index contributed by atoms with van der Waals surface area (Å²) in [6.45, 7) is 5.78. The van der Waals surface area contributed by atoms with E-state index >= 15 is 8.78 Å². The summed E-state index contributed by atoms with van der Waals surface area (Å²) in [6.07, 6.45) is 1.93. The first-order chi connectivity index (χ1) is 22.4. The summed E-state index contributed by atoms with van der Waals surface area (Å²) in [6, 6.07) is 13.1. The summed E-state index contributed by atoms with van der Waals surface area (Å²) in [7, 11) is 0. The molecule has 13 heteroatoms. The summed E-state index contributed by atoms with van der Waals surface area (Å²) in [4.78, 5) is 22.9. The van der Waals surface area contributed by atoms with Crippen LogP contribution >= 0.6 is 23.2 Å². The third kappa shape index (κ3) is 5.07. The van der Waals surface area contributed by atoms with E-state index in [4.69, 9.17) is 42.1 Å². The molecule has 2 atom stereocenters. The second kappa shape index (κ2) is 11.2. The number of halogens is 4. The zero-order valence-electron chi connectivity index (χ0n) is 25.4. The average molecular weight is 680 g/mol. The fourth-order valence-corrected chi connectivity index (χ4v) is 6.95. The molecule has 9 nitrogen and oxygen atoms in total. The van der Waals surface area contributed by atoms with E-state index in [-0.39, 0.29) is 51.4 Å². The molecule has 3 aromatic carbocycles. The lowest BCUT2D eigenvalue weighted by Crippen LogP contribution is -2.53. The number of ether oxygens (including phenoxy) is 4. The zero-order valence-corrected chi connectivity index (χ0v) is 26.9. The van der Waals surface area contributed by atoms with Crippen LogP contribution in [0.3, 0.4) is 0 Å². The van der Waals surface area contributed by atoms with Crippen LogP contribution in [0.4, 0.5) is 13.6 Å². The molecule has 0 bridgehead atoms. The largest absolute Gasteiger partial charge is 0.480 e. The number of benzene rings is 3. The SMILES string of the molecule is CC(C)(C)OC(=O)N1CCC[C@H]1[C@@]1(c2ccccc2)Cc2c(cc(F)c(Cl)c2-c2c(C#N)cc3c(c2F)Oc2c(Cl)ncnc2O3)O1. The van der Waals surface area contributed by atoms with Crippen molar-refractivity contribution in [3.63, 3.8) is 0 Å². The first-order valence-electron chi connectivity index (χ1n) is 14.8. The van der Waals surface area contributed by atoms with Crippen molar-refractivity contribution in [2.24, 2.45) is 0 Å². The molecule has 0 N–H and O–H groups in total. The van der Waals surface area contributed by atoms with E-state index in [1.54, 1.807) is 25.7 Å². The average Bonchev–Trinajstić information content (AvgIpc) is 3.68. The van der Waals surface area contributed by atoms with Crippen molar-refractivity contribution in [3.05, 3.63) is 87.3 Å². The first kappa shape index (κ1) is 31.0. The Bertz CT molecular complexity index is 2000. The summed E-state index contributed by atoms with van der Waals surface area (Å²) in [5.74, 6) is -2.55. The molecule has 4 heterocycles. The van der Waals surface area contributed by atoms with E-state index in [2.05, 4.69) is 9.97 Å². The van der Waals surface area contributed by atoms with Gasteiger partial charge in [-0.1, -0.05) is 53.5 Å². The highest BCUT2D eigenvalue weighted by atomic mass is 35.5. The molecule has 1 aromatic heterocycles. The van der Waals surface area contributed by atoms with Crippen LogP contribution in [-0.4, -0.2) is 39.1 Å². The van der Waals surface area contributed by atoms with Gasteiger partial charge in [-0.3, -0.25) is 0 Å². The third-order valence-corrected chi connectivity index (χ3v) is 9.03. The van der Waals surface area contributed by atoms with Crippen molar-refractivity contribution < 1.29 is 32.5 Å².